The molecular weight excluding hydrogens is 307 g/mol. The highest BCUT2D eigenvalue weighted by Crippen LogP contribution is 2.24. The Morgan fingerprint density at radius 3 is 2.41 bits per heavy atom. The highest BCUT2D eigenvalue weighted by atomic mass is 32.2. The van der Waals surface area contributed by atoms with Crippen LogP contribution in [0, 0.1) is 5.82 Å². The molecule has 0 saturated heterocycles. The molecule has 0 aliphatic heterocycles. The Kier molecular flexibility index (Phi) is 4.18. The summed E-state index contributed by atoms with van der Waals surface area (Å²) < 4.78 is 40.6. The van der Waals surface area contributed by atoms with Gasteiger partial charge in [0.15, 0.2) is 0 Å². The van der Waals surface area contributed by atoms with Crippen LogP contribution in [0.3, 0.4) is 0 Å². The van der Waals surface area contributed by atoms with Gasteiger partial charge in [0.05, 0.1) is 0 Å². The first-order chi connectivity index (χ1) is 10.5. The molecule has 2 aliphatic rings. The van der Waals surface area contributed by atoms with Crippen molar-refractivity contribution in [2.75, 3.05) is 0 Å². The van der Waals surface area contributed by atoms with Crippen molar-refractivity contribution in [1.82, 2.24) is 10.0 Å². The van der Waals surface area contributed by atoms with Gasteiger partial charge in [0.25, 0.3) is 5.91 Å². The van der Waals surface area contributed by atoms with Crippen molar-refractivity contribution in [3.05, 3.63) is 29.6 Å². The van der Waals surface area contributed by atoms with Crippen LogP contribution in [0.4, 0.5) is 4.39 Å². The molecule has 0 spiro atoms. The number of benzene rings is 1. The third-order valence-electron chi connectivity index (χ3n) is 4.07. The standard InChI is InChI=1S/C15H19FN2O3S/c16-13-8-5-10(15(19)17-11-3-1-2-4-11)9-14(13)22(20,21)18-12-6-7-12/h5,8-9,11-12,18H,1-4,6-7H2,(H,17,19). The first-order valence-corrected chi connectivity index (χ1v) is 9.07. The van der Waals surface area contributed by atoms with Crippen LogP contribution in [-0.4, -0.2) is 26.4 Å². The van der Waals surface area contributed by atoms with E-state index in [9.17, 15) is 17.6 Å². The van der Waals surface area contributed by atoms with Gasteiger partial charge in [-0.1, -0.05) is 12.8 Å². The summed E-state index contributed by atoms with van der Waals surface area (Å²) in [7, 11) is -3.92. The number of halogens is 1. The Balaban J connectivity index is 1.80. The van der Waals surface area contributed by atoms with Crippen molar-refractivity contribution < 1.29 is 17.6 Å². The van der Waals surface area contributed by atoms with Gasteiger partial charge in [0.2, 0.25) is 10.0 Å². The molecule has 1 aromatic carbocycles. The monoisotopic (exact) mass is 326 g/mol. The van der Waals surface area contributed by atoms with Crippen molar-refractivity contribution in [3.63, 3.8) is 0 Å². The van der Waals surface area contributed by atoms with Crippen molar-refractivity contribution >= 4 is 15.9 Å². The van der Waals surface area contributed by atoms with Crippen molar-refractivity contribution in [2.24, 2.45) is 0 Å². The second kappa shape index (κ2) is 5.96. The van der Waals surface area contributed by atoms with Crippen LogP contribution in [0.25, 0.3) is 0 Å². The molecule has 3 rings (SSSR count). The minimum absolute atomic E-state index is 0.111. The third-order valence-corrected chi connectivity index (χ3v) is 5.61. The lowest BCUT2D eigenvalue weighted by Gasteiger charge is -2.13. The van der Waals surface area contributed by atoms with Gasteiger partial charge in [-0.05, 0) is 43.9 Å². The molecule has 2 saturated carbocycles. The first-order valence-electron chi connectivity index (χ1n) is 7.58. The van der Waals surface area contributed by atoms with Crippen molar-refractivity contribution in [1.29, 1.82) is 0 Å². The fourth-order valence-corrected chi connectivity index (χ4v) is 4.08. The Hall–Kier alpha value is -1.47. The van der Waals surface area contributed by atoms with Gasteiger partial charge < -0.3 is 5.32 Å². The van der Waals surface area contributed by atoms with E-state index in [0.717, 1.165) is 50.7 Å². The van der Waals surface area contributed by atoms with E-state index in [0.29, 0.717) is 0 Å². The lowest BCUT2D eigenvalue weighted by molar-refractivity contribution is 0.0937. The first kappa shape index (κ1) is 15.4. The summed E-state index contributed by atoms with van der Waals surface area (Å²) in [6.07, 6.45) is 5.56. The molecule has 0 radical (unpaired) electrons. The summed E-state index contributed by atoms with van der Waals surface area (Å²) in [5.41, 5.74) is 0.171. The molecule has 1 amide bonds. The van der Waals surface area contributed by atoms with Crippen molar-refractivity contribution in [2.45, 2.75) is 55.5 Å². The van der Waals surface area contributed by atoms with Crippen LogP contribution < -0.4 is 10.0 Å². The van der Waals surface area contributed by atoms with E-state index in [1.807, 2.05) is 0 Å². The molecule has 5 nitrogen and oxygen atoms in total. The summed E-state index contributed by atoms with van der Waals surface area (Å²) in [5, 5.41) is 2.87. The Morgan fingerprint density at radius 2 is 1.77 bits per heavy atom. The molecule has 0 atom stereocenters. The fraction of sp³-hybridized carbons (Fsp3) is 0.533. The summed E-state index contributed by atoms with van der Waals surface area (Å²) in [6.45, 7) is 0. The normalized spacial score (nSPS) is 19.3. The van der Waals surface area contributed by atoms with E-state index in [2.05, 4.69) is 10.0 Å². The quantitative estimate of drug-likeness (QED) is 0.868. The fourth-order valence-electron chi connectivity index (χ4n) is 2.67. The van der Waals surface area contributed by atoms with E-state index < -0.39 is 20.7 Å². The zero-order valence-electron chi connectivity index (χ0n) is 12.1. The SMILES string of the molecule is O=C(NC1CCCC1)c1ccc(F)c(S(=O)(=O)NC2CC2)c1. The maximum Gasteiger partial charge on any atom is 0.251 e. The molecule has 2 aliphatic carbocycles. The second-order valence-electron chi connectivity index (χ2n) is 6.00. The molecule has 0 bridgehead atoms. The largest absolute Gasteiger partial charge is 0.349 e. The van der Waals surface area contributed by atoms with E-state index in [-0.39, 0.29) is 23.6 Å². The Labute approximate surface area is 129 Å². The van der Waals surface area contributed by atoms with Crippen LogP contribution in [0.15, 0.2) is 23.1 Å². The van der Waals surface area contributed by atoms with Crippen molar-refractivity contribution in [3.8, 4) is 0 Å². The van der Waals surface area contributed by atoms with E-state index in [4.69, 9.17) is 0 Å². The summed E-state index contributed by atoms with van der Waals surface area (Å²) in [6, 6.07) is 3.48. The zero-order valence-corrected chi connectivity index (χ0v) is 13.0. The second-order valence-corrected chi connectivity index (χ2v) is 7.68. The van der Waals surface area contributed by atoms with Gasteiger partial charge in [-0.2, -0.15) is 0 Å². The summed E-state index contributed by atoms with van der Waals surface area (Å²) >= 11 is 0. The highest BCUT2D eigenvalue weighted by Gasteiger charge is 2.30. The number of carbonyl (C=O) groups excluding carboxylic acids is 1. The van der Waals surface area contributed by atoms with Crippen LogP contribution in [0.5, 0.6) is 0 Å². The number of rotatable bonds is 5. The number of amides is 1. The molecule has 0 heterocycles. The van der Waals surface area contributed by atoms with E-state index in [1.54, 1.807) is 0 Å². The third kappa shape index (κ3) is 3.47. The smallest absolute Gasteiger partial charge is 0.251 e. The average molecular weight is 326 g/mol. The number of carbonyl (C=O) groups is 1. The maximum absolute atomic E-state index is 13.9. The maximum atomic E-state index is 13.9. The summed E-state index contributed by atoms with van der Waals surface area (Å²) in [4.78, 5) is 11.7. The van der Waals surface area contributed by atoms with Gasteiger partial charge in [-0.15, -0.1) is 0 Å². The van der Waals surface area contributed by atoms with E-state index in [1.165, 1.54) is 6.07 Å². The number of hydrogen-bond acceptors (Lipinski definition) is 3. The van der Waals surface area contributed by atoms with Crippen LogP contribution in [0.1, 0.15) is 48.9 Å². The molecule has 2 fully saturated rings. The minimum Gasteiger partial charge on any atom is -0.349 e. The van der Waals surface area contributed by atoms with Crippen LogP contribution in [0.2, 0.25) is 0 Å². The topological polar surface area (TPSA) is 75.3 Å². The Morgan fingerprint density at radius 1 is 1.09 bits per heavy atom. The number of nitrogens with one attached hydrogen (secondary N) is 2. The molecular formula is C15H19FN2O3S. The predicted molar refractivity (Wildman–Crippen MR) is 79.5 cm³/mol. The molecule has 7 heteroatoms. The number of sulfonamides is 1. The lowest BCUT2D eigenvalue weighted by atomic mass is 10.2. The minimum atomic E-state index is -3.92. The predicted octanol–water partition coefficient (Wildman–Crippen LogP) is 1.94. The molecule has 22 heavy (non-hydrogen) atoms. The van der Waals surface area contributed by atoms with Gasteiger partial charge in [-0.3, -0.25) is 4.79 Å². The zero-order chi connectivity index (χ0) is 15.7. The van der Waals surface area contributed by atoms with E-state index >= 15 is 0 Å². The van der Waals surface area contributed by atoms with Crippen LogP contribution >= 0.6 is 0 Å². The molecule has 0 unspecified atom stereocenters. The molecule has 1 aromatic rings. The highest BCUT2D eigenvalue weighted by molar-refractivity contribution is 7.89. The number of hydrogen-bond donors (Lipinski definition) is 2. The van der Waals surface area contributed by atoms with Gasteiger partial charge in [0, 0.05) is 17.6 Å². The van der Waals surface area contributed by atoms with Gasteiger partial charge >= 0.3 is 0 Å². The Bertz CT molecular complexity index is 680. The van der Waals surface area contributed by atoms with Gasteiger partial charge in [-0.25, -0.2) is 17.5 Å². The molecule has 120 valence electrons. The van der Waals surface area contributed by atoms with Crippen LogP contribution in [-0.2, 0) is 10.0 Å². The lowest BCUT2D eigenvalue weighted by Crippen LogP contribution is -2.33. The molecule has 2 N–H and O–H groups in total. The van der Waals surface area contributed by atoms with Gasteiger partial charge in [0.1, 0.15) is 10.7 Å². The molecule has 0 aromatic heterocycles. The average Bonchev–Trinajstić information content (AvgIpc) is 3.11. The summed E-state index contributed by atoms with van der Waals surface area (Å²) in [5.74, 6) is -1.19.